The third-order valence-corrected chi connectivity index (χ3v) is 5.42. The van der Waals surface area contributed by atoms with E-state index in [-0.39, 0.29) is 29.0 Å². The summed E-state index contributed by atoms with van der Waals surface area (Å²) >= 11 is 0. The summed E-state index contributed by atoms with van der Waals surface area (Å²) in [5.74, 6) is -0.727. The number of hydrogen-bond acceptors (Lipinski definition) is 4. The molecule has 0 aliphatic carbocycles. The minimum absolute atomic E-state index is 0.00451. The maximum atomic E-state index is 13.5. The smallest absolute Gasteiger partial charge is 0.225 e. The molecule has 26 heavy (non-hydrogen) atoms. The first-order valence-corrected chi connectivity index (χ1v) is 10.1. The van der Waals surface area contributed by atoms with Gasteiger partial charge in [-0.2, -0.15) is 0 Å². The molecule has 0 saturated heterocycles. The second-order valence-electron chi connectivity index (χ2n) is 6.28. The van der Waals surface area contributed by atoms with Crippen LogP contribution in [0.2, 0.25) is 0 Å². The van der Waals surface area contributed by atoms with E-state index in [1.807, 2.05) is 18.9 Å². The van der Waals surface area contributed by atoms with Crippen LogP contribution in [-0.2, 0) is 14.6 Å². The van der Waals surface area contributed by atoms with Crippen LogP contribution in [-0.4, -0.2) is 39.1 Å². The van der Waals surface area contributed by atoms with E-state index in [1.165, 1.54) is 18.4 Å². The third-order valence-electron chi connectivity index (χ3n) is 4.29. The van der Waals surface area contributed by atoms with E-state index in [0.29, 0.717) is 6.54 Å². The molecular formula is C19H23FN2O3S. The van der Waals surface area contributed by atoms with E-state index in [2.05, 4.69) is 5.32 Å². The van der Waals surface area contributed by atoms with E-state index in [9.17, 15) is 17.6 Å². The predicted molar refractivity (Wildman–Crippen MR) is 100 cm³/mol. The summed E-state index contributed by atoms with van der Waals surface area (Å²) in [7, 11) is -1.34. The Hall–Kier alpha value is -2.25. The summed E-state index contributed by atoms with van der Waals surface area (Å²) < 4.78 is 36.6. The van der Waals surface area contributed by atoms with Crippen molar-refractivity contribution in [3.8, 4) is 0 Å². The number of halogens is 1. The van der Waals surface area contributed by atoms with Crippen LogP contribution in [0.25, 0.3) is 0 Å². The van der Waals surface area contributed by atoms with Crippen LogP contribution in [0.5, 0.6) is 0 Å². The number of anilines is 1. The van der Waals surface area contributed by atoms with Crippen molar-refractivity contribution >= 4 is 21.4 Å². The SMILES string of the molecule is CC(c1ccc(S(C)(=O)=O)cc1)N(C)CCC(=O)Nc1ccccc1F. The van der Waals surface area contributed by atoms with E-state index < -0.39 is 15.7 Å². The molecule has 0 saturated carbocycles. The molecule has 0 aromatic heterocycles. The molecular weight excluding hydrogens is 355 g/mol. The molecule has 0 spiro atoms. The van der Waals surface area contributed by atoms with Crippen molar-refractivity contribution in [2.45, 2.75) is 24.3 Å². The summed E-state index contributed by atoms with van der Waals surface area (Å²) in [5.41, 5.74) is 1.12. The van der Waals surface area contributed by atoms with Gasteiger partial charge in [-0.15, -0.1) is 0 Å². The number of nitrogens with one attached hydrogen (secondary N) is 1. The minimum atomic E-state index is -3.22. The Bertz CT molecular complexity index is 867. The first-order chi connectivity index (χ1) is 12.2. The Kier molecular flexibility index (Phi) is 6.50. The lowest BCUT2D eigenvalue weighted by Gasteiger charge is -2.25. The summed E-state index contributed by atoms with van der Waals surface area (Å²) in [5, 5.41) is 2.56. The summed E-state index contributed by atoms with van der Waals surface area (Å²) in [6.07, 6.45) is 1.39. The van der Waals surface area contributed by atoms with Crippen LogP contribution in [0.1, 0.15) is 24.9 Å². The zero-order chi connectivity index (χ0) is 19.3. The molecule has 2 rings (SSSR count). The molecule has 2 aromatic rings. The average Bonchev–Trinajstić information content (AvgIpc) is 2.60. The fraction of sp³-hybridized carbons (Fsp3) is 0.316. The number of nitrogens with zero attached hydrogens (tertiary/aromatic N) is 1. The fourth-order valence-corrected chi connectivity index (χ4v) is 3.13. The molecule has 1 N–H and O–H groups in total. The molecule has 2 aromatic carbocycles. The second-order valence-corrected chi connectivity index (χ2v) is 8.29. The number of para-hydroxylation sites is 1. The average molecular weight is 378 g/mol. The lowest BCUT2D eigenvalue weighted by molar-refractivity contribution is -0.116. The van der Waals surface area contributed by atoms with Crippen LogP contribution < -0.4 is 5.32 Å². The Balaban J connectivity index is 1.91. The van der Waals surface area contributed by atoms with Crippen molar-refractivity contribution in [2.24, 2.45) is 0 Å². The van der Waals surface area contributed by atoms with Gasteiger partial charge in [0.25, 0.3) is 0 Å². The molecule has 1 unspecified atom stereocenters. The number of sulfone groups is 1. The molecule has 140 valence electrons. The fourth-order valence-electron chi connectivity index (χ4n) is 2.49. The Morgan fingerprint density at radius 3 is 2.35 bits per heavy atom. The number of hydrogen-bond donors (Lipinski definition) is 1. The maximum Gasteiger partial charge on any atom is 0.225 e. The van der Waals surface area contributed by atoms with E-state index >= 15 is 0 Å². The number of carbonyl (C=O) groups is 1. The van der Waals surface area contributed by atoms with Gasteiger partial charge in [-0.05, 0) is 43.8 Å². The normalized spacial score (nSPS) is 12.8. The molecule has 5 nitrogen and oxygen atoms in total. The lowest BCUT2D eigenvalue weighted by atomic mass is 10.1. The van der Waals surface area contributed by atoms with Crippen LogP contribution >= 0.6 is 0 Å². The number of carbonyl (C=O) groups excluding carboxylic acids is 1. The second kappa shape index (κ2) is 8.42. The molecule has 0 aliphatic heterocycles. The number of benzene rings is 2. The van der Waals surface area contributed by atoms with Crippen molar-refractivity contribution < 1.29 is 17.6 Å². The van der Waals surface area contributed by atoms with Crippen LogP contribution in [0.15, 0.2) is 53.4 Å². The molecule has 1 amide bonds. The minimum Gasteiger partial charge on any atom is -0.324 e. The van der Waals surface area contributed by atoms with Gasteiger partial charge in [-0.25, -0.2) is 12.8 Å². The van der Waals surface area contributed by atoms with Crippen molar-refractivity contribution in [2.75, 3.05) is 25.2 Å². The monoisotopic (exact) mass is 378 g/mol. The molecule has 0 fully saturated rings. The van der Waals surface area contributed by atoms with Gasteiger partial charge in [0, 0.05) is 25.3 Å². The standard InChI is InChI=1S/C19H23FN2O3S/c1-14(15-8-10-16(11-9-15)26(3,24)25)22(2)13-12-19(23)21-18-7-5-4-6-17(18)20/h4-11,14H,12-13H2,1-3H3,(H,21,23). The third kappa shape index (κ3) is 5.37. The van der Waals surface area contributed by atoms with Gasteiger partial charge < -0.3 is 5.32 Å². The van der Waals surface area contributed by atoms with Crippen molar-refractivity contribution in [3.05, 3.63) is 59.9 Å². The van der Waals surface area contributed by atoms with Gasteiger partial charge in [0.05, 0.1) is 10.6 Å². The first kappa shape index (κ1) is 20.1. The highest BCUT2D eigenvalue weighted by molar-refractivity contribution is 7.90. The quantitative estimate of drug-likeness (QED) is 0.803. The van der Waals surface area contributed by atoms with E-state index in [0.717, 1.165) is 5.56 Å². The summed E-state index contributed by atoms with van der Waals surface area (Å²) in [6.45, 7) is 2.46. The highest BCUT2D eigenvalue weighted by Crippen LogP contribution is 2.21. The van der Waals surface area contributed by atoms with E-state index in [1.54, 1.807) is 36.4 Å². The first-order valence-electron chi connectivity index (χ1n) is 8.23. The Morgan fingerprint density at radius 2 is 1.77 bits per heavy atom. The van der Waals surface area contributed by atoms with Crippen LogP contribution in [0.4, 0.5) is 10.1 Å². The van der Waals surface area contributed by atoms with Crippen molar-refractivity contribution in [1.82, 2.24) is 4.90 Å². The van der Waals surface area contributed by atoms with Gasteiger partial charge in [-0.1, -0.05) is 24.3 Å². The highest BCUT2D eigenvalue weighted by atomic mass is 32.2. The van der Waals surface area contributed by atoms with Crippen molar-refractivity contribution in [3.63, 3.8) is 0 Å². The summed E-state index contributed by atoms with van der Waals surface area (Å²) in [4.78, 5) is 14.3. The molecule has 0 aliphatic rings. The van der Waals surface area contributed by atoms with Gasteiger partial charge in [0.15, 0.2) is 9.84 Å². The predicted octanol–water partition coefficient (Wildman–Crippen LogP) is 3.25. The number of amides is 1. The number of rotatable bonds is 7. The molecule has 0 bridgehead atoms. The van der Waals surface area contributed by atoms with E-state index in [4.69, 9.17) is 0 Å². The largest absolute Gasteiger partial charge is 0.324 e. The van der Waals surface area contributed by atoms with Crippen LogP contribution in [0, 0.1) is 5.82 Å². The Labute approximate surface area is 153 Å². The van der Waals surface area contributed by atoms with Gasteiger partial charge >= 0.3 is 0 Å². The van der Waals surface area contributed by atoms with Crippen molar-refractivity contribution in [1.29, 1.82) is 0 Å². The summed E-state index contributed by atoms with van der Waals surface area (Å²) in [6, 6.07) is 12.8. The topological polar surface area (TPSA) is 66.5 Å². The van der Waals surface area contributed by atoms with Gasteiger partial charge in [0.1, 0.15) is 5.82 Å². The maximum absolute atomic E-state index is 13.5. The molecule has 0 heterocycles. The molecule has 7 heteroatoms. The zero-order valence-corrected chi connectivity index (χ0v) is 15.9. The Morgan fingerprint density at radius 1 is 1.15 bits per heavy atom. The molecule has 1 atom stereocenters. The lowest BCUT2D eigenvalue weighted by Crippen LogP contribution is -2.27. The highest BCUT2D eigenvalue weighted by Gasteiger charge is 2.15. The molecule has 0 radical (unpaired) electrons. The van der Waals surface area contributed by atoms with Crippen LogP contribution in [0.3, 0.4) is 0 Å². The van der Waals surface area contributed by atoms with Gasteiger partial charge in [-0.3, -0.25) is 9.69 Å². The van der Waals surface area contributed by atoms with Gasteiger partial charge in [0.2, 0.25) is 5.91 Å². The zero-order valence-electron chi connectivity index (χ0n) is 15.1.